The molecule has 2 saturated heterocycles. The number of piperidine rings is 1. The van der Waals surface area contributed by atoms with Crippen molar-refractivity contribution in [1.82, 2.24) is 15.1 Å². The minimum Gasteiger partial charge on any atom is -0.369 e. The maximum atomic E-state index is 12.6. The Labute approximate surface area is 141 Å². The number of carbonyl (C=O) groups is 1. The van der Waals surface area contributed by atoms with E-state index in [4.69, 9.17) is 4.74 Å². The second-order valence-corrected chi connectivity index (χ2v) is 6.59. The Hall–Kier alpha value is -2.34. The fourth-order valence-electron chi connectivity index (χ4n) is 3.77. The second kappa shape index (κ2) is 6.28. The Morgan fingerprint density at radius 3 is 2.83 bits per heavy atom. The molecule has 24 heavy (non-hydrogen) atoms. The Morgan fingerprint density at radius 2 is 2.04 bits per heavy atom. The van der Waals surface area contributed by atoms with E-state index in [0.717, 1.165) is 25.9 Å². The maximum Gasteiger partial charge on any atom is 0.272 e. The minimum atomic E-state index is -0.276. The molecule has 1 amide bonds. The van der Waals surface area contributed by atoms with Crippen molar-refractivity contribution in [2.75, 3.05) is 37.7 Å². The van der Waals surface area contributed by atoms with Crippen molar-refractivity contribution in [3.05, 3.63) is 48.3 Å². The van der Waals surface area contributed by atoms with E-state index < -0.39 is 0 Å². The molecule has 0 bridgehead atoms. The van der Waals surface area contributed by atoms with Gasteiger partial charge in [0.15, 0.2) is 0 Å². The Balaban J connectivity index is 1.50. The lowest BCUT2D eigenvalue weighted by Gasteiger charge is -2.48. The third-order valence-corrected chi connectivity index (χ3v) is 4.93. The third kappa shape index (κ3) is 2.89. The summed E-state index contributed by atoms with van der Waals surface area (Å²) in [7, 11) is 0. The first-order valence-corrected chi connectivity index (χ1v) is 8.48. The summed E-state index contributed by atoms with van der Waals surface area (Å²) in [6, 6.07) is 12.1. The molecule has 6 heteroatoms. The zero-order chi connectivity index (χ0) is 16.4. The van der Waals surface area contributed by atoms with Gasteiger partial charge in [-0.05, 0) is 31.0 Å². The molecule has 2 fully saturated rings. The smallest absolute Gasteiger partial charge is 0.272 e. The number of amides is 1. The number of ether oxygens (including phenoxy) is 1. The molecule has 1 aromatic carbocycles. The van der Waals surface area contributed by atoms with Crippen molar-refractivity contribution >= 4 is 11.6 Å². The Bertz CT molecular complexity index is 684. The lowest BCUT2D eigenvalue weighted by molar-refractivity contribution is -0.105. The molecule has 0 aliphatic carbocycles. The Morgan fingerprint density at radius 1 is 1.17 bits per heavy atom. The summed E-state index contributed by atoms with van der Waals surface area (Å²) < 4.78 is 6.19. The summed E-state index contributed by atoms with van der Waals surface area (Å²) in [4.78, 5) is 16.9. The van der Waals surface area contributed by atoms with E-state index in [2.05, 4.69) is 39.4 Å². The van der Waals surface area contributed by atoms with Gasteiger partial charge in [0.2, 0.25) is 0 Å². The van der Waals surface area contributed by atoms with Gasteiger partial charge in [0.05, 0.1) is 13.2 Å². The molecule has 3 heterocycles. The van der Waals surface area contributed by atoms with Crippen LogP contribution < -0.4 is 4.90 Å². The third-order valence-electron chi connectivity index (χ3n) is 4.93. The van der Waals surface area contributed by atoms with Crippen LogP contribution in [-0.2, 0) is 4.74 Å². The van der Waals surface area contributed by atoms with E-state index in [1.807, 2.05) is 11.0 Å². The summed E-state index contributed by atoms with van der Waals surface area (Å²) in [5.41, 5.74) is 1.49. The van der Waals surface area contributed by atoms with Gasteiger partial charge in [0, 0.05) is 31.5 Å². The molecule has 2 aliphatic heterocycles. The fourth-order valence-corrected chi connectivity index (χ4v) is 3.77. The minimum absolute atomic E-state index is 0.00649. The highest BCUT2D eigenvalue weighted by molar-refractivity contribution is 5.92. The molecule has 2 aliphatic rings. The van der Waals surface area contributed by atoms with E-state index in [9.17, 15) is 4.79 Å². The number of nitrogens with zero attached hydrogens (tertiary/aromatic N) is 3. The largest absolute Gasteiger partial charge is 0.369 e. The highest BCUT2D eigenvalue weighted by atomic mass is 16.5. The zero-order valence-electron chi connectivity index (χ0n) is 13.6. The van der Waals surface area contributed by atoms with Crippen LogP contribution in [0.4, 0.5) is 5.69 Å². The number of aromatic nitrogens is 2. The van der Waals surface area contributed by atoms with Gasteiger partial charge < -0.3 is 14.5 Å². The summed E-state index contributed by atoms with van der Waals surface area (Å²) in [6.45, 7) is 3.70. The fraction of sp³-hybridized carbons (Fsp3) is 0.444. The molecule has 1 atom stereocenters. The van der Waals surface area contributed by atoms with E-state index in [-0.39, 0.29) is 11.5 Å². The average molecular weight is 326 g/mol. The zero-order valence-corrected chi connectivity index (χ0v) is 13.6. The van der Waals surface area contributed by atoms with Crippen molar-refractivity contribution in [3.63, 3.8) is 0 Å². The number of anilines is 1. The van der Waals surface area contributed by atoms with Crippen LogP contribution in [0.15, 0.2) is 42.6 Å². The number of morpholine rings is 1. The highest BCUT2D eigenvalue weighted by Gasteiger charge is 2.42. The van der Waals surface area contributed by atoms with E-state index in [1.54, 1.807) is 12.3 Å². The molecular formula is C18H22N4O2. The van der Waals surface area contributed by atoms with Crippen LogP contribution in [-0.4, -0.2) is 59.4 Å². The number of hydrogen-bond acceptors (Lipinski definition) is 4. The lowest BCUT2D eigenvalue weighted by atomic mass is 9.90. The van der Waals surface area contributed by atoms with Crippen molar-refractivity contribution in [2.24, 2.45) is 0 Å². The highest BCUT2D eigenvalue weighted by Crippen LogP contribution is 2.32. The number of nitrogens with one attached hydrogen (secondary N) is 1. The van der Waals surface area contributed by atoms with Gasteiger partial charge in [-0.15, -0.1) is 0 Å². The topological polar surface area (TPSA) is 61.5 Å². The van der Waals surface area contributed by atoms with E-state index >= 15 is 0 Å². The maximum absolute atomic E-state index is 12.6. The van der Waals surface area contributed by atoms with Crippen molar-refractivity contribution in [1.29, 1.82) is 0 Å². The summed E-state index contributed by atoms with van der Waals surface area (Å²) in [6.07, 6.45) is 3.67. The predicted octanol–water partition coefficient (Wildman–Crippen LogP) is 1.92. The molecule has 0 unspecified atom stereocenters. The van der Waals surface area contributed by atoms with Crippen LogP contribution in [0.25, 0.3) is 0 Å². The normalized spacial score (nSPS) is 24.3. The van der Waals surface area contributed by atoms with Crippen LogP contribution >= 0.6 is 0 Å². The van der Waals surface area contributed by atoms with Gasteiger partial charge in [-0.1, -0.05) is 18.2 Å². The van der Waals surface area contributed by atoms with Crippen LogP contribution in [0.2, 0.25) is 0 Å². The number of para-hydroxylation sites is 1. The molecule has 1 aromatic heterocycles. The molecule has 126 valence electrons. The monoisotopic (exact) mass is 326 g/mol. The first-order valence-electron chi connectivity index (χ1n) is 8.48. The number of rotatable bonds is 2. The quantitative estimate of drug-likeness (QED) is 0.916. The summed E-state index contributed by atoms with van der Waals surface area (Å²) in [5, 5.41) is 6.65. The lowest BCUT2D eigenvalue weighted by Crippen LogP contribution is -2.60. The summed E-state index contributed by atoms with van der Waals surface area (Å²) in [5.74, 6) is 0.00649. The van der Waals surface area contributed by atoms with Gasteiger partial charge in [-0.3, -0.25) is 9.89 Å². The average Bonchev–Trinajstić information content (AvgIpc) is 3.17. The molecular weight excluding hydrogens is 304 g/mol. The van der Waals surface area contributed by atoms with E-state index in [1.165, 1.54) is 5.69 Å². The Kier molecular flexibility index (Phi) is 3.98. The van der Waals surface area contributed by atoms with E-state index in [0.29, 0.717) is 25.4 Å². The SMILES string of the molecule is O=C(c1ccn[nH]1)N1CCO[C@@]2(CCCN(c3ccccc3)C2)C1. The number of carbonyl (C=O) groups excluding carboxylic acids is 1. The van der Waals surface area contributed by atoms with Crippen molar-refractivity contribution in [2.45, 2.75) is 18.4 Å². The van der Waals surface area contributed by atoms with Crippen LogP contribution in [0, 0.1) is 0 Å². The number of aromatic amines is 1. The van der Waals surface area contributed by atoms with Crippen LogP contribution in [0.3, 0.4) is 0 Å². The molecule has 1 N–H and O–H groups in total. The number of hydrogen-bond donors (Lipinski definition) is 1. The molecule has 1 spiro atoms. The van der Waals surface area contributed by atoms with Gasteiger partial charge in [0.25, 0.3) is 5.91 Å². The first kappa shape index (κ1) is 15.2. The van der Waals surface area contributed by atoms with Crippen LogP contribution in [0.1, 0.15) is 23.3 Å². The predicted molar refractivity (Wildman–Crippen MR) is 91.1 cm³/mol. The van der Waals surface area contributed by atoms with Gasteiger partial charge in [-0.2, -0.15) is 5.10 Å². The van der Waals surface area contributed by atoms with Gasteiger partial charge in [-0.25, -0.2) is 0 Å². The van der Waals surface area contributed by atoms with Crippen LogP contribution in [0.5, 0.6) is 0 Å². The molecule has 4 rings (SSSR count). The number of benzene rings is 1. The van der Waals surface area contributed by atoms with Gasteiger partial charge in [0.1, 0.15) is 11.3 Å². The molecule has 6 nitrogen and oxygen atoms in total. The van der Waals surface area contributed by atoms with Crippen molar-refractivity contribution in [3.8, 4) is 0 Å². The van der Waals surface area contributed by atoms with Crippen molar-refractivity contribution < 1.29 is 9.53 Å². The molecule has 0 saturated carbocycles. The first-order chi connectivity index (χ1) is 11.8. The summed E-state index contributed by atoms with van der Waals surface area (Å²) >= 11 is 0. The van der Waals surface area contributed by atoms with Gasteiger partial charge >= 0.3 is 0 Å². The molecule has 0 radical (unpaired) electrons. The standard InChI is InChI=1S/C18H22N4O2/c23-17(16-7-9-19-20-16)22-11-12-24-18(14-22)8-4-10-21(13-18)15-5-2-1-3-6-15/h1-3,5-7,9H,4,8,10-14H2,(H,19,20)/t18-/m1/s1. The second-order valence-electron chi connectivity index (χ2n) is 6.59. The molecule has 2 aromatic rings. The number of H-pyrrole nitrogens is 1.